The Bertz CT molecular complexity index is 1040. The molecule has 0 N–H and O–H groups in total. The van der Waals surface area contributed by atoms with Crippen molar-refractivity contribution in [3.05, 3.63) is 71.9 Å². The molecular formula is C22H19NO. The van der Waals surface area contributed by atoms with Crippen molar-refractivity contribution in [1.82, 2.24) is 4.98 Å². The van der Waals surface area contributed by atoms with Gasteiger partial charge in [0.05, 0.1) is 12.6 Å². The first-order valence-electron chi connectivity index (χ1n) is 8.11. The molecule has 0 amide bonds. The number of aromatic nitrogens is 1. The zero-order valence-corrected chi connectivity index (χ0v) is 14.1. The van der Waals surface area contributed by atoms with Crippen LogP contribution in [0.15, 0.2) is 60.8 Å². The molecule has 0 aliphatic heterocycles. The Morgan fingerprint density at radius 3 is 2.29 bits per heavy atom. The van der Waals surface area contributed by atoms with Gasteiger partial charge in [0.25, 0.3) is 0 Å². The second-order valence-electron chi connectivity index (χ2n) is 6.19. The third kappa shape index (κ3) is 2.23. The number of hydrogen-bond acceptors (Lipinski definition) is 2. The normalized spacial score (nSPS) is 11.1. The van der Waals surface area contributed by atoms with E-state index in [1.807, 2.05) is 12.3 Å². The van der Waals surface area contributed by atoms with E-state index in [0.29, 0.717) is 0 Å². The van der Waals surface area contributed by atoms with Gasteiger partial charge < -0.3 is 4.74 Å². The van der Waals surface area contributed by atoms with E-state index in [0.717, 1.165) is 22.4 Å². The Hall–Kier alpha value is -2.87. The van der Waals surface area contributed by atoms with Gasteiger partial charge in [-0.3, -0.25) is 4.98 Å². The number of aryl methyl sites for hydroxylation is 2. The summed E-state index contributed by atoms with van der Waals surface area (Å²) in [4.78, 5) is 4.65. The molecular weight excluding hydrogens is 294 g/mol. The van der Waals surface area contributed by atoms with Gasteiger partial charge in [0.1, 0.15) is 5.75 Å². The Balaban J connectivity index is 2.09. The fourth-order valence-electron chi connectivity index (χ4n) is 3.58. The Morgan fingerprint density at radius 2 is 1.54 bits per heavy atom. The first-order chi connectivity index (χ1) is 11.7. The summed E-state index contributed by atoms with van der Waals surface area (Å²) in [7, 11) is 1.73. The van der Waals surface area contributed by atoms with Crippen LogP contribution in [-0.4, -0.2) is 12.1 Å². The first-order valence-corrected chi connectivity index (χ1v) is 8.11. The summed E-state index contributed by atoms with van der Waals surface area (Å²) in [5.74, 6) is 0.960. The van der Waals surface area contributed by atoms with Crippen LogP contribution in [0.5, 0.6) is 5.75 Å². The highest BCUT2D eigenvalue weighted by Crippen LogP contribution is 2.36. The first kappa shape index (κ1) is 14.7. The summed E-state index contributed by atoms with van der Waals surface area (Å²) < 4.78 is 5.51. The third-order valence-electron chi connectivity index (χ3n) is 4.59. The van der Waals surface area contributed by atoms with Crippen LogP contribution < -0.4 is 4.74 Å². The molecule has 0 unspecified atom stereocenters. The molecule has 1 heterocycles. The molecule has 0 atom stereocenters. The molecule has 4 aromatic rings. The lowest BCUT2D eigenvalue weighted by Gasteiger charge is -2.14. The Morgan fingerprint density at radius 1 is 0.833 bits per heavy atom. The average molecular weight is 313 g/mol. The monoisotopic (exact) mass is 313 g/mol. The number of hydrogen-bond donors (Lipinski definition) is 0. The van der Waals surface area contributed by atoms with Crippen molar-refractivity contribution in [2.45, 2.75) is 13.8 Å². The number of pyridine rings is 1. The fraction of sp³-hybridized carbons (Fsp3) is 0.136. The zero-order valence-electron chi connectivity index (χ0n) is 14.1. The second kappa shape index (κ2) is 5.64. The lowest BCUT2D eigenvalue weighted by molar-refractivity contribution is 0.408. The average Bonchev–Trinajstić information content (AvgIpc) is 2.60. The van der Waals surface area contributed by atoms with Crippen LogP contribution in [0.2, 0.25) is 0 Å². The van der Waals surface area contributed by atoms with E-state index in [1.165, 1.54) is 27.3 Å². The summed E-state index contributed by atoms with van der Waals surface area (Å²) in [6, 6.07) is 19.2. The number of benzene rings is 3. The largest absolute Gasteiger partial charge is 0.496 e. The number of nitrogens with zero attached hydrogens (tertiary/aromatic N) is 1. The van der Waals surface area contributed by atoms with Crippen molar-refractivity contribution in [1.29, 1.82) is 0 Å². The van der Waals surface area contributed by atoms with Gasteiger partial charge in [0.15, 0.2) is 0 Å². The van der Waals surface area contributed by atoms with Crippen LogP contribution >= 0.6 is 0 Å². The predicted octanol–water partition coefficient (Wildman–Crippen LogP) is 5.68. The zero-order chi connectivity index (χ0) is 16.7. The van der Waals surface area contributed by atoms with Crippen molar-refractivity contribution >= 4 is 21.7 Å². The Labute approximate surface area is 141 Å². The van der Waals surface area contributed by atoms with Crippen LogP contribution in [0, 0.1) is 13.8 Å². The smallest absolute Gasteiger partial charge is 0.124 e. The predicted molar refractivity (Wildman–Crippen MR) is 101 cm³/mol. The van der Waals surface area contributed by atoms with Gasteiger partial charge in [-0.05, 0) is 59.7 Å². The molecule has 2 heteroatoms. The maximum absolute atomic E-state index is 5.51. The van der Waals surface area contributed by atoms with Gasteiger partial charge in [-0.15, -0.1) is 0 Å². The quantitative estimate of drug-likeness (QED) is 0.444. The second-order valence-corrected chi connectivity index (χ2v) is 6.19. The maximum Gasteiger partial charge on any atom is 0.124 e. The van der Waals surface area contributed by atoms with Crippen LogP contribution in [0.25, 0.3) is 32.8 Å². The molecule has 0 bridgehead atoms. The van der Waals surface area contributed by atoms with Gasteiger partial charge in [-0.25, -0.2) is 0 Å². The maximum atomic E-state index is 5.51. The SMILES string of the molecule is COc1c(C)cc(-c2cccc3ccc4cccnc4c23)cc1C. The summed E-state index contributed by atoms with van der Waals surface area (Å²) in [5.41, 5.74) is 5.77. The van der Waals surface area contributed by atoms with E-state index in [4.69, 9.17) is 4.74 Å². The van der Waals surface area contributed by atoms with Gasteiger partial charge in [0.2, 0.25) is 0 Å². The minimum absolute atomic E-state index is 0.960. The van der Waals surface area contributed by atoms with Crippen molar-refractivity contribution in [3.8, 4) is 16.9 Å². The number of methoxy groups -OCH3 is 1. The number of fused-ring (bicyclic) bond motifs is 3. The molecule has 3 aromatic carbocycles. The highest BCUT2D eigenvalue weighted by Gasteiger charge is 2.11. The van der Waals surface area contributed by atoms with Crippen LogP contribution in [-0.2, 0) is 0 Å². The van der Waals surface area contributed by atoms with Gasteiger partial charge in [-0.2, -0.15) is 0 Å². The number of ether oxygens (including phenoxy) is 1. The van der Waals surface area contributed by atoms with E-state index in [1.54, 1.807) is 7.11 Å². The van der Waals surface area contributed by atoms with E-state index in [9.17, 15) is 0 Å². The lowest BCUT2D eigenvalue weighted by atomic mass is 9.93. The van der Waals surface area contributed by atoms with Crippen LogP contribution in [0.4, 0.5) is 0 Å². The fourth-order valence-corrected chi connectivity index (χ4v) is 3.58. The summed E-state index contributed by atoms with van der Waals surface area (Å²) in [6.45, 7) is 4.19. The molecule has 24 heavy (non-hydrogen) atoms. The van der Waals surface area contributed by atoms with Crippen molar-refractivity contribution in [3.63, 3.8) is 0 Å². The molecule has 0 saturated carbocycles. The summed E-state index contributed by atoms with van der Waals surface area (Å²) in [5, 5.41) is 3.59. The van der Waals surface area contributed by atoms with E-state index in [-0.39, 0.29) is 0 Å². The molecule has 118 valence electrons. The lowest BCUT2D eigenvalue weighted by Crippen LogP contribution is -1.93. The Kier molecular flexibility index (Phi) is 3.46. The van der Waals surface area contributed by atoms with Gasteiger partial charge in [-0.1, -0.05) is 36.4 Å². The minimum Gasteiger partial charge on any atom is -0.496 e. The summed E-state index contributed by atoms with van der Waals surface area (Å²) in [6.07, 6.45) is 1.86. The van der Waals surface area contributed by atoms with E-state index < -0.39 is 0 Å². The molecule has 0 aliphatic carbocycles. The molecule has 0 radical (unpaired) electrons. The molecule has 1 aromatic heterocycles. The van der Waals surface area contributed by atoms with Crippen molar-refractivity contribution < 1.29 is 4.74 Å². The molecule has 0 aliphatic rings. The molecule has 0 saturated heterocycles. The highest BCUT2D eigenvalue weighted by molar-refractivity contribution is 6.12. The van der Waals surface area contributed by atoms with E-state index in [2.05, 4.69) is 67.4 Å². The number of rotatable bonds is 2. The van der Waals surface area contributed by atoms with Crippen LogP contribution in [0.1, 0.15) is 11.1 Å². The molecule has 2 nitrogen and oxygen atoms in total. The van der Waals surface area contributed by atoms with Crippen LogP contribution in [0.3, 0.4) is 0 Å². The van der Waals surface area contributed by atoms with Gasteiger partial charge in [0, 0.05) is 17.0 Å². The molecule has 0 spiro atoms. The van der Waals surface area contributed by atoms with Crippen molar-refractivity contribution in [2.24, 2.45) is 0 Å². The molecule has 0 fully saturated rings. The standard InChI is InChI=1S/C22H19NO/c1-14-12-18(13-15(2)22(14)24-3)19-8-4-6-16-9-10-17-7-5-11-23-21(17)20(16)19/h4-13H,1-3H3. The minimum atomic E-state index is 0.960. The van der Waals surface area contributed by atoms with Gasteiger partial charge >= 0.3 is 0 Å². The summed E-state index contributed by atoms with van der Waals surface area (Å²) >= 11 is 0. The molecule has 4 rings (SSSR count). The highest BCUT2D eigenvalue weighted by atomic mass is 16.5. The topological polar surface area (TPSA) is 22.1 Å². The van der Waals surface area contributed by atoms with Crippen molar-refractivity contribution in [2.75, 3.05) is 7.11 Å². The third-order valence-corrected chi connectivity index (χ3v) is 4.59. The van der Waals surface area contributed by atoms with E-state index >= 15 is 0 Å².